The summed E-state index contributed by atoms with van der Waals surface area (Å²) in [6.07, 6.45) is 0. The van der Waals surface area contributed by atoms with Crippen molar-refractivity contribution < 1.29 is 14.4 Å². The normalized spacial score (nSPS) is 11.0. The van der Waals surface area contributed by atoms with Crippen LogP contribution in [-0.2, 0) is 0 Å². The van der Waals surface area contributed by atoms with Crippen molar-refractivity contribution in [3.8, 4) is 5.69 Å². The molecule has 0 aliphatic rings. The van der Waals surface area contributed by atoms with Gasteiger partial charge in [-0.1, -0.05) is 58.3 Å². The summed E-state index contributed by atoms with van der Waals surface area (Å²) in [5.41, 5.74) is 3.31. The van der Waals surface area contributed by atoms with Crippen LogP contribution < -0.4 is 4.80 Å². The lowest BCUT2D eigenvalue weighted by atomic mass is 10.0. The largest absolute Gasteiger partial charge is 0.297 e. The van der Waals surface area contributed by atoms with Gasteiger partial charge < -0.3 is 0 Å². The fraction of sp³-hybridized carbons (Fsp3) is 0.100. The van der Waals surface area contributed by atoms with Crippen LogP contribution in [-0.4, -0.2) is 26.4 Å². The van der Waals surface area contributed by atoms with E-state index in [0.29, 0.717) is 28.0 Å². The van der Waals surface area contributed by atoms with Crippen molar-refractivity contribution in [2.75, 3.05) is 0 Å². The first-order valence-corrected chi connectivity index (χ1v) is 8.27. The Morgan fingerprint density at radius 1 is 1.00 bits per heavy atom. The van der Waals surface area contributed by atoms with Gasteiger partial charge in [0.2, 0.25) is 11.5 Å². The van der Waals surface area contributed by atoms with Crippen LogP contribution in [0.25, 0.3) is 11.3 Å². The summed E-state index contributed by atoms with van der Waals surface area (Å²) in [5.74, 6) is -0.284. The highest BCUT2D eigenvalue weighted by atomic mass is 16.1. The van der Waals surface area contributed by atoms with Gasteiger partial charge in [0.05, 0.1) is 5.56 Å². The molecule has 6 nitrogen and oxygen atoms in total. The van der Waals surface area contributed by atoms with Gasteiger partial charge in [0.25, 0.3) is 5.65 Å². The fourth-order valence-electron chi connectivity index (χ4n) is 3.18. The number of tetrazole rings is 1. The number of hydrogen-bond donors (Lipinski definition) is 1. The first-order valence-electron chi connectivity index (χ1n) is 8.27. The molecule has 0 aliphatic heterocycles. The minimum absolute atomic E-state index is 0.126. The van der Waals surface area contributed by atoms with Gasteiger partial charge in [0, 0.05) is 11.1 Å². The molecule has 2 aromatic carbocycles. The van der Waals surface area contributed by atoms with Gasteiger partial charge in [-0.05, 0) is 35.9 Å². The number of aromatic amines is 1. The molecule has 4 aromatic rings. The Balaban J connectivity index is 1.97. The van der Waals surface area contributed by atoms with E-state index in [9.17, 15) is 9.59 Å². The number of para-hydroxylation sites is 1. The molecule has 0 unspecified atom stereocenters. The molecule has 0 saturated carbocycles. The second-order valence-electron chi connectivity index (χ2n) is 6.11. The summed E-state index contributed by atoms with van der Waals surface area (Å²) in [6, 6.07) is 18.5. The molecule has 0 fully saturated rings. The van der Waals surface area contributed by atoms with Gasteiger partial charge in [-0.25, -0.2) is 0 Å². The van der Waals surface area contributed by atoms with Gasteiger partial charge in [0.1, 0.15) is 0 Å². The van der Waals surface area contributed by atoms with Crippen molar-refractivity contribution in [3.05, 3.63) is 83.0 Å². The summed E-state index contributed by atoms with van der Waals surface area (Å²) >= 11 is 0. The van der Waals surface area contributed by atoms with Gasteiger partial charge in [0.15, 0.2) is 11.5 Å². The third kappa shape index (κ3) is 2.43. The van der Waals surface area contributed by atoms with Crippen molar-refractivity contribution in [1.82, 2.24) is 14.8 Å². The average Bonchev–Trinajstić information content (AvgIpc) is 3.18. The van der Waals surface area contributed by atoms with Crippen LogP contribution in [0, 0.1) is 6.92 Å². The van der Waals surface area contributed by atoms with Crippen molar-refractivity contribution in [1.29, 1.82) is 0 Å². The van der Waals surface area contributed by atoms with Crippen LogP contribution in [0.3, 0.4) is 0 Å². The molecule has 26 heavy (non-hydrogen) atoms. The third-order valence-electron chi connectivity index (χ3n) is 4.38. The number of hydrogen-bond acceptors (Lipinski definition) is 3. The topological polar surface area (TPSA) is 71.1 Å². The van der Waals surface area contributed by atoms with E-state index in [1.807, 2.05) is 48.5 Å². The Morgan fingerprint density at radius 3 is 2.23 bits per heavy atom. The van der Waals surface area contributed by atoms with Crippen molar-refractivity contribution in [2.24, 2.45) is 0 Å². The number of rotatable bonds is 4. The van der Waals surface area contributed by atoms with Crippen LogP contribution in [0.2, 0.25) is 0 Å². The Bertz CT molecular complexity index is 1130. The van der Waals surface area contributed by atoms with Crippen LogP contribution in [0.15, 0.2) is 60.7 Å². The zero-order chi connectivity index (χ0) is 18.3. The van der Waals surface area contributed by atoms with E-state index >= 15 is 0 Å². The zero-order valence-corrected chi connectivity index (χ0v) is 14.4. The van der Waals surface area contributed by atoms with E-state index < -0.39 is 0 Å². The maximum absolute atomic E-state index is 13.1. The molecule has 0 saturated heterocycles. The molecule has 0 bridgehead atoms. The smallest absolute Gasteiger partial charge is 0.294 e. The average molecular weight is 345 g/mol. The summed E-state index contributed by atoms with van der Waals surface area (Å²) < 4.78 is 1.59. The SMILES string of the molecule is CC(=O)c1c(C)c(C(=O)c2ccccc2)n2[nH][n+](-c3ccccc3)nc12. The van der Waals surface area contributed by atoms with Gasteiger partial charge >= 0.3 is 0 Å². The van der Waals surface area contributed by atoms with E-state index in [1.54, 1.807) is 28.4 Å². The van der Waals surface area contributed by atoms with E-state index in [0.717, 1.165) is 5.69 Å². The number of carbonyl (C=O) groups is 2. The predicted molar refractivity (Wildman–Crippen MR) is 95.7 cm³/mol. The molecule has 128 valence electrons. The molecular weight excluding hydrogens is 328 g/mol. The summed E-state index contributed by atoms with van der Waals surface area (Å²) in [4.78, 5) is 26.8. The number of aromatic nitrogens is 4. The van der Waals surface area contributed by atoms with E-state index in [2.05, 4.69) is 10.3 Å². The lowest BCUT2D eigenvalue weighted by Crippen LogP contribution is -2.36. The highest BCUT2D eigenvalue weighted by Crippen LogP contribution is 2.23. The number of nitrogens with zero attached hydrogens (tertiary/aromatic N) is 3. The first kappa shape index (κ1) is 16.0. The maximum Gasteiger partial charge on any atom is 0.297 e. The van der Waals surface area contributed by atoms with Crippen molar-refractivity contribution >= 4 is 17.2 Å². The summed E-state index contributed by atoms with van der Waals surface area (Å²) in [7, 11) is 0. The van der Waals surface area contributed by atoms with E-state index in [4.69, 9.17) is 0 Å². The summed E-state index contributed by atoms with van der Waals surface area (Å²) in [6.45, 7) is 3.27. The molecule has 0 aliphatic carbocycles. The molecule has 0 radical (unpaired) electrons. The third-order valence-corrected chi connectivity index (χ3v) is 4.38. The fourth-order valence-corrected chi connectivity index (χ4v) is 3.18. The monoisotopic (exact) mass is 345 g/mol. The minimum atomic E-state index is -0.158. The minimum Gasteiger partial charge on any atom is -0.294 e. The molecule has 2 heterocycles. The van der Waals surface area contributed by atoms with Crippen molar-refractivity contribution in [3.63, 3.8) is 0 Å². The van der Waals surface area contributed by atoms with Gasteiger partial charge in [-0.15, -0.1) is 0 Å². The molecule has 2 aromatic heterocycles. The highest BCUT2D eigenvalue weighted by Gasteiger charge is 2.32. The Kier molecular flexibility index (Phi) is 3.73. The molecule has 6 heteroatoms. The quantitative estimate of drug-likeness (QED) is 0.457. The second kappa shape index (κ2) is 6.07. The molecule has 1 N–H and O–H groups in total. The van der Waals surface area contributed by atoms with Crippen LogP contribution in [0.1, 0.15) is 38.9 Å². The molecular formula is C20H17N4O2+. The number of ketones is 2. The van der Waals surface area contributed by atoms with Gasteiger partial charge in [-0.2, -0.15) is 0 Å². The van der Waals surface area contributed by atoms with E-state index in [-0.39, 0.29) is 11.6 Å². The second-order valence-corrected chi connectivity index (χ2v) is 6.11. The lowest BCUT2D eigenvalue weighted by Gasteiger charge is -1.99. The number of Topliss-reactive ketones (excluding diaryl/α,β-unsaturated/α-hetero) is 1. The van der Waals surface area contributed by atoms with Gasteiger partial charge in [-0.3, -0.25) is 9.59 Å². The number of fused-ring (bicyclic) bond motifs is 1. The maximum atomic E-state index is 13.1. The summed E-state index contributed by atoms with van der Waals surface area (Å²) in [5, 5.41) is 7.61. The Hall–Kier alpha value is -3.54. The van der Waals surface area contributed by atoms with Crippen LogP contribution in [0.4, 0.5) is 0 Å². The Morgan fingerprint density at radius 2 is 1.62 bits per heavy atom. The molecule has 0 atom stereocenters. The first-order chi connectivity index (χ1) is 12.6. The number of benzene rings is 2. The number of nitrogens with one attached hydrogen (secondary N) is 1. The van der Waals surface area contributed by atoms with E-state index in [1.165, 1.54) is 6.92 Å². The number of H-pyrrole nitrogens is 1. The van der Waals surface area contributed by atoms with Crippen molar-refractivity contribution in [2.45, 2.75) is 13.8 Å². The molecule has 0 amide bonds. The highest BCUT2D eigenvalue weighted by molar-refractivity contribution is 6.13. The standard InChI is InChI=1S/C20H16N4O2/c1-13-17(14(2)25)20-21-24(16-11-7-4-8-12-16)22-23(20)18(13)19(26)15-9-5-3-6-10-15/h3-12H,1-2H3/p+1. The Labute approximate surface area is 149 Å². The van der Waals surface area contributed by atoms with Crippen LogP contribution >= 0.6 is 0 Å². The zero-order valence-electron chi connectivity index (χ0n) is 14.4. The molecule has 4 rings (SSSR count). The number of carbonyl (C=O) groups excluding carboxylic acids is 2. The lowest BCUT2D eigenvalue weighted by molar-refractivity contribution is -0.716. The van der Waals surface area contributed by atoms with Crippen LogP contribution in [0.5, 0.6) is 0 Å². The molecule has 0 spiro atoms. The predicted octanol–water partition coefficient (Wildman–Crippen LogP) is 2.68.